The van der Waals surface area contributed by atoms with Crippen molar-refractivity contribution in [3.8, 4) is 0 Å². The number of rotatable bonds is 13. The van der Waals surface area contributed by atoms with Crippen molar-refractivity contribution in [3.05, 3.63) is 0 Å². The number of unbranched alkanes of at least 4 members (excludes halogenated alkanes) is 8. The third kappa shape index (κ3) is 10.5. The van der Waals surface area contributed by atoms with Crippen molar-refractivity contribution >= 4 is 11.9 Å². The maximum atomic E-state index is 11.2. The van der Waals surface area contributed by atoms with Gasteiger partial charge in [-0.2, -0.15) is 0 Å². The van der Waals surface area contributed by atoms with Gasteiger partial charge in [0.05, 0.1) is 17.4 Å². The quantitative estimate of drug-likeness (QED) is 0.194. The van der Waals surface area contributed by atoms with Gasteiger partial charge in [-0.1, -0.05) is 78.6 Å². The van der Waals surface area contributed by atoms with E-state index in [-0.39, 0.29) is 65.5 Å². The second kappa shape index (κ2) is 16.4. The number of carboxylic acid groups (broad SMARTS) is 2. The van der Waals surface area contributed by atoms with Gasteiger partial charge in [-0.05, 0) is 12.3 Å². The predicted octanol–water partition coefficient (Wildman–Crippen LogP) is -3.94. The first kappa shape index (κ1) is 28.7. The Morgan fingerprint density at radius 3 is 1.43 bits per heavy atom. The van der Waals surface area contributed by atoms with Crippen molar-refractivity contribution in [2.45, 2.75) is 85.0 Å². The van der Waals surface area contributed by atoms with Gasteiger partial charge in [0.1, 0.15) is 0 Å². The van der Waals surface area contributed by atoms with E-state index in [0.717, 1.165) is 19.3 Å². The zero-order chi connectivity index (χ0) is 16.3. The van der Waals surface area contributed by atoms with Crippen LogP contribution in [0.25, 0.3) is 0 Å². The van der Waals surface area contributed by atoms with Crippen LogP contribution in [0.3, 0.4) is 0 Å². The van der Waals surface area contributed by atoms with Crippen LogP contribution in [0.5, 0.6) is 0 Å². The van der Waals surface area contributed by atoms with Crippen LogP contribution in [0, 0.1) is 11.3 Å². The molecule has 23 heavy (non-hydrogen) atoms. The molecular weight excluding hydrogens is 314 g/mol. The van der Waals surface area contributed by atoms with Crippen LogP contribution in [0.4, 0.5) is 0 Å². The molecule has 0 spiro atoms. The minimum atomic E-state index is -1.85. The summed E-state index contributed by atoms with van der Waals surface area (Å²) in [6, 6.07) is 0. The van der Waals surface area contributed by atoms with Crippen molar-refractivity contribution in [2.75, 3.05) is 0 Å². The third-order valence-corrected chi connectivity index (χ3v) is 4.39. The van der Waals surface area contributed by atoms with Gasteiger partial charge < -0.3 is 19.8 Å². The van der Waals surface area contributed by atoms with Crippen LogP contribution in [-0.2, 0) is 9.59 Å². The predicted molar refractivity (Wildman–Crippen MR) is 79.1 cm³/mol. The first-order valence-electron chi connectivity index (χ1n) is 8.32. The normalized spacial score (nSPS) is 10.8. The Balaban J connectivity index is -0.00000200. The average molecular weight is 344 g/mol. The van der Waals surface area contributed by atoms with E-state index in [9.17, 15) is 19.8 Å². The molecule has 0 aliphatic carbocycles. The molecule has 0 unspecified atom stereocenters. The molecule has 0 aromatic heterocycles. The molecule has 0 amide bonds. The van der Waals surface area contributed by atoms with E-state index in [4.69, 9.17) is 0 Å². The summed E-state index contributed by atoms with van der Waals surface area (Å²) < 4.78 is 0. The van der Waals surface area contributed by atoms with E-state index in [1.807, 2.05) is 0 Å². The van der Waals surface area contributed by atoms with Gasteiger partial charge in [0, 0.05) is 0 Å². The van der Waals surface area contributed by atoms with Gasteiger partial charge in [-0.25, -0.2) is 0 Å². The van der Waals surface area contributed by atoms with Crippen LogP contribution in [0.2, 0.25) is 0 Å². The molecule has 0 rings (SSSR count). The number of hydrogen-bond donors (Lipinski definition) is 0. The first-order chi connectivity index (χ1) is 9.89. The van der Waals surface area contributed by atoms with E-state index in [2.05, 4.69) is 6.92 Å². The molecule has 0 heterocycles. The van der Waals surface area contributed by atoms with E-state index in [0.29, 0.717) is 6.42 Å². The summed E-state index contributed by atoms with van der Waals surface area (Å²) in [5.74, 6) is -3.56. The van der Waals surface area contributed by atoms with Crippen molar-refractivity contribution in [2.24, 2.45) is 11.3 Å². The fourth-order valence-corrected chi connectivity index (χ4v) is 2.76. The number of aliphatic carboxylic acids is 2. The van der Waals surface area contributed by atoms with Crippen LogP contribution in [0.15, 0.2) is 0 Å². The molecule has 0 aromatic carbocycles. The van der Waals surface area contributed by atoms with E-state index < -0.39 is 23.3 Å². The summed E-state index contributed by atoms with van der Waals surface area (Å²) in [6.45, 7) is 5.38. The number of hydrogen-bond acceptors (Lipinski definition) is 4. The molecule has 0 aliphatic heterocycles. The first-order valence-corrected chi connectivity index (χ1v) is 8.32. The molecule has 0 saturated heterocycles. The monoisotopic (exact) mass is 344 g/mol. The Labute approximate surface area is 185 Å². The molecular formula is C17H30Na2O4. The van der Waals surface area contributed by atoms with Crippen LogP contribution < -0.4 is 69.3 Å². The zero-order valence-corrected chi connectivity index (χ0v) is 19.8. The molecule has 0 atom stereocenters. The Bertz CT molecular complexity index is 306. The molecule has 6 heteroatoms. The zero-order valence-electron chi connectivity index (χ0n) is 15.8. The van der Waals surface area contributed by atoms with Gasteiger partial charge in [-0.15, -0.1) is 0 Å². The molecule has 0 aromatic rings. The van der Waals surface area contributed by atoms with Gasteiger partial charge in [0.2, 0.25) is 0 Å². The summed E-state index contributed by atoms with van der Waals surface area (Å²) in [5, 5.41) is 22.5. The fraction of sp³-hybridized carbons (Fsp3) is 0.882. The van der Waals surface area contributed by atoms with Gasteiger partial charge in [0.25, 0.3) is 0 Å². The van der Waals surface area contributed by atoms with Crippen molar-refractivity contribution in [1.82, 2.24) is 0 Å². The molecule has 0 aliphatic rings. The molecule has 124 valence electrons. The van der Waals surface area contributed by atoms with E-state index >= 15 is 0 Å². The minimum absolute atomic E-state index is 0. The topological polar surface area (TPSA) is 80.3 Å². The van der Waals surface area contributed by atoms with Crippen LogP contribution >= 0.6 is 0 Å². The number of carboxylic acids is 2. The summed E-state index contributed by atoms with van der Waals surface area (Å²) in [4.78, 5) is 22.5. The Hall–Kier alpha value is 0.940. The molecule has 0 bridgehead atoms. The third-order valence-electron chi connectivity index (χ3n) is 4.39. The second-order valence-corrected chi connectivity index (χ2v) is 6.28. The summed E-state index contributed by atoms with van der Waals surface area (Å²) in [5.41, 5.74) is -1.85. The van der Waals surface area contributed by atoms with Crippen molar-refractivity contribution in [1.29, 1.82) is 0 Å². The average Bonchev–Trinajstić information content (AvgIpc) is 2.39. The van der Waals surface area contributed by atoms with Crippen molar-refractivity contribution in [3.63, 3.8) is 0 Å². The van der Waals surface area contributed by atoms with Gasteiger partial charge in [-0.3, -0.25) is 0 Å². The Kier molecular flexibility index (Phi) is 20.5. The number of carbonyl (C=O) groups is 2. The number of carbonyl (C=O) groups excluding carboxylic acids is 2. The summed E-state index contributed by atoms with van der Waals surface area (Å²) >= 11 is 0. The molecule has 0 radical (unpaired) electrons. The largest absolute Gasteiger partial charge is 1.00 e. The Morgan fingerprint density at radius 2 is 1.13 bits per heavy atom. The molecule has 0 N–H and O–H groups in total. The van der Waals surface area contributed by atoms with E-state index in [1.54, 1.807) is 13.8 Å². The minimum Gasteiger partial charge on any atom is -0.549 e. The maximum absolute atomic E-state index is 11.2. The maximum Gasteiger partial charge on any atom is 1.00 e. The van der Waals surface area contributed by atoms with Crippen molar-refractivity contribution < 1.29 is 78.9 Å². The van der Waals surface area contributed by atoms with Crippen LogP contribution in [0.1, 0.15) is 85.0 Å². The second-order valence-electron chi connectivity index (χ2n) is 6.28. The SMILES string of the molecule is CCCCCCCCCCCC(C(=O)[O-])(C(=O)[O-])C(C)C.[Na+].[Na+]. The van der Waals surface area contributed by atoms with Crippen LogP contribution in [-0.4, -0.2) is 11.9 Å². The molecule has 4 nitrogen and oxygen atoms in total. The van der Waals surface area contributed by atoms with Gasteiger partial charge >= 0.3 is 59.1 Å². The summed E-state index contributed by atoms with van der Waals surface area (Å²) in [6.07, 6.45) is 9.98. The standard InChI is InChI=1S/C17H32O4.2Na/c1-4-5-6-7-8-9-10-11-12-13-17(14(2)3,15(18)19)16(20)21;;/h14H,4-13H2,1-3H3,(H,18,19)(H,20,21);;/q;2*+1/p-2. The Morgan fingerprint density at radius 1 is 0.783 bits per heavy atom. The molecule has 0 saturated carbocycles. The smallest absolute Gasteiger partial charge is 0.549 e. The fourth-order valence-electron chi connectivity index (χ4n) is 2.76. The van der Waals surface area contributed by atoms with E-state index in [1.165, 1.54) is 32.1 Å². The molecule has 0 fully saturated rings. The summed E-state index contributed by atoms with van der Waals surface area (Å²) in [7, 11) is 0. The van der Waals surface area contributed by atoms with Gasteiger partial charge in [0.15, 0.2) is 0 Å².